The van der Waals surface area contributed by atoms with E-state index < -0.39 is 0 Å². The normalized spacial score (nSPS) is 19.7. The quantitative estimate of drug-likeness (QED) is 0.429. The molecule has 0 spiro atoms. The van der Waals surface area contributed by atoms with E-state index >= 15 is 4.39 Å². The van der Waals surface area contributed by atoms with Crippen molar-refractivity contribution in [3.05, 3.63) is 59.0 Å². The summed E-state index contributed by atoms with van der Waals surface area (Å²) in [6.07, 6.45) is 6.80. The van der Waals surface area contributed by atoms with Gasteiger partial charge in [-0.25, -0.2) is 14.4 Å². The minimum Gasteiger partial charge on any atom is -0.367 e. The first-order valence-electron chi connectivity index (χ1n) is 13.4. The molecule has 2 saturated heterocycles. The number of hydrogen-bond acceptors (Lipinski definition) is 7. The molecule has 0 radical (unpaired) electrons. The van der Waals surface area contributed by atoms with Crippen LogP contribution in [0.25, 0.3) is 28.2 Å². The molecular weight excluding hydrogens is 499 g/mol. The molecule has 3 aromatic rings. The number of benzene rings is 2. The lowest BCUT2D eigenvalue weighted by atomic mass is 10.0. The predicted molar refractivity (Wildman–Crippen MR) is 153 cm³/mol. The molecule has 1 amide bonds. The van der Waals surface area contributed by atoms with Crippen LogP contribution in [-0.4, -0.2) is 76.7 Å². The molecule has 4 heterocycles. The molecule has 9 heteroatoms. The highest BCUT2D eigenvalue weighted by atomic mass is 32.2. The number of amidine groups is 1. The minimum atomic E-state index is -0.240. The van der Waals surface area contributed by atoms with Gasteiger partial charge in [-0.3, -0.25) is 9.69 Å². The lowest BCUT2D eigenvalue weighted by Gasteiger charge is -2.36. The lowest BCUT2D eigenvalue weighted by molar-refractivity contribution is -0.113. The Morgan fingerprint density at radius 1 is 0.974 bits per heavy atom. The van der Waals surface area contributed by atoms with Gasteiger partial charge < -0.3 is 9.80 Å². The van der Waals surface area contributed by atoms with E-state index in [9.17, 15) is 4.79 Å². The molecule has 7 nitrogen and oxygen atoms in total. The van der Waals surface area contributed by atoms with Gasteiger partial charge >= 0.3 is 0 Å². The van der Waals surface area contributed by atoms with Crippen LogP contribution >= 0.6 is 11.8 Å². The molecule has 0 aliphatic carbocycles. The van der Waals surface area contributed by atoms with Gasteiger partial charge in [-0.05, 0) is 73.5 Å². The van der Waals surface area contributed by atoms with Crippen LogP contribution in [0, 0.1) is 5.82 Å². The number of amides is 1. The molecule has 3 aliphatic heterocycles. The first-order chi connectivity index (χ1) is 18.6. The van der Waals surface area contributed by atoms with Crippen molar-refractivity contribution in [2.24, 2.45) is 4.99 Å². The van der Waals surface area contributed by atoms with Crippen LogP contribution in [0.5, 0.6) is 0 Å². The van der Waals surface area contributed by atoms with E-state index in [4.69, 9.17) is 0 Å². The smallest absolute Gasteiger partial charge is 0.286 e. The summed E-state index contributed by atoms with van der Waals surface area (Å²) in [5.74, 6) is -0.439. The van der Waals surface area contributed by atoms with Crippen molar-refractivity contribution in [3.8, 4) is 11.3 Å². The van der Waals surface area contributed by atoms with Gasteiger partial charge in [-0.2, -0.15) is 4.99 Å². The Hall–Kier alpha value is -3.30. The molecule has 2 fully saturated rings. The van der Waals surface area contributed by atoms with E-state index in [1.165, 1.54) is 18.1 Å². The first kappa shape index (κ1) is 25.0. The molecule has 1 aromatic heterocycles. The zero-order chi connectivity index (χ0) is 26.1. The summed E-state index contributed by atoms with van der Waals surface area (Å²) in [7, 11) is 0. The van der Waals surface area contributed by atoms with E-state index in [0.717, 1.165) is 86.7 Å². The van der Waals surface area contributed by atoms with Gasteiger partial charge in [-0.1, -0.05) is 19.1 Å². The summed E-state index contributed by atoms with van der Waals surface area (Å²) >= 11 is 1.44. The average Bonchev–Trinajstić information content (AvgIpc) is 3.59. The average molecular weight is 531 g/mol. The number of aliphatic imine (C=N–C) groups is 1. The lowest BCUT2D eigenvalue weighted by Crippen LogP contribution is -2.46. The van der Waals surface area contributed by atoms with Gasteiger partial charge in [0.2, 0.25) is 0 Å². The summed E-state index contributed by atoms with van der Waals surface area (Å²) < 4.78 is 15.4. The topological polar surface area (TPSA) is 64.9 Å². The fourth-order valence-corrected chi connectivity index (χ4v) is 6.39. The Balaban J connectivity index is 1.26. The first-order valence-corrected chi connectivity index (χ1v) is 14.2. The third kappa shape index (κ3) is 5.05. The van der Waals surface area contributed by atoms with E-state index in [0.29, 0.717) is 21.8 Å². The van der Waals surface area contributed by atoms with Crippen molar-refractivity contribution in [2.45, 2.75) is 26.2 Å². The summed E-state index contributed by atoms with van der Waals surface area (Å²) in [6.45, 7) is 8.74. The Kier molecular flexibility index (Phi) is 7.12. The number of halogens is 1. The molecule has 38 heavy (non-hydrogen) atoms. The third-order valence-corrected chi connectivity index (χ3v) is 8.46. The van der Waals surface area contributed by atoms with Gasteiger partial charge in [0.25, 0.3) is 5.91 Å². The number of hydrogen-bond donors (Lipinski definition) is 0. The molecular formula is C29H31FN6OS. The summed E-state index contributed by atoms with van der Waals surface area (Å²) in [6, 6.07) is 11.2. The maximum absolute atomic E-state index is 15.4. The Morgan fingerprint density at radius 3 is 2.55 bits per heavy atom. The number of rotatable bonds is 5. The Morgan fingerprint density at radius 2 is 1.79 bits per heavy atom. The molecule has 0 atom stereocenters. The van der Waals surface area contributed by atoms with Gasteiger partial charge in [0.15, 0.2) is 5.17 Å². The van der Waals surface area contributed by atoms with Gasteiger partial charge in [-0.15, -0.1) is 0 Å². The van der Waals surface area contributed by atoms with Crippen LogP contribution in [0.4, 0.5) is 10.1 Å². The van der Waals surface area contributed by atoms with E-state index in [1.54, 1.807) is 6.07 Å². The van der Waals surface area contributed by atoms with Crippen LogP contribution in [-0.2, 0) is 4.79 Å². The molecule has 196 valence electrons. The van der Waals surface area contributed by atoms with Crippen LogP contribution in [0.3, 0.4) is 0 Å². The van der Waals surface area contributed by atoms with E-state index in [1.807, 2.05) is 36.4 Å². The number of likely N-dealkylation sites (tertiary alicyclic amines) is 1. The van der Waals surface area contributed by atoms with E-state index in [-0.39, 0.29) is 11.7 Å². The zero-order valence-corrected chi connectivity index (χ0v) is 22.4. The minimum absolute atomic E-state index is 0.199. The second kappa shape index (κ2) is 10.8. The highest BCUT2D eigenvalue weighted by Gasteiger charge is 2.27. The second-order valence-electron chi connectivity index (χ2n) is 10.00. The predicted octanol–water partition coefficient (Wildman–Crippen LogP) is 5.03. The fourth-order valence-electron chi connectivity index (χ4n) is 5.43. The molecule has 0 bridgehead atoms. The molecule has 6 rings (SSSR count). The van der Waals surface area contributed by atoms with Crippen LogP contribution < -0.4 is 4.90 Å². The maximum Gasteiger partial charge on any atom is 0.286 e. The molecule has 0 saturated carbocycles. The summed E-state index contributed by atoms with van der Waals surface area (Å²) in [5.41, 5.74) is 3.66. The van der Waals surface area contributed by atoms with Crippen molar-refractivity contribution >= 4 is 45.5 Å². The fraction of sp³-hybridized carbons (Fsp3) is 0.379. The van der Waals surface area contributed by atoms with Gasteiger partial charge in [0, 0.05) is 50.2 Å². The number of thioether (sulfide) groups is 1. The highest BCUT2D eigenvalue weighted by Crippen LogP contribution is 2.34. The number of aromatic nitrogens is 2. The zero-order valence-electron chi connectivity index (χ0n) is 21.6. The van der Waals surface area contributed by atoms with Crippen molar-refractivity contribution in [2.75, 3.05) is 50.7 Å². The van der Waals surface area contributed by atoms with Crippen molar-refractivity contribution < 1.29 is 9.18 Å². The maximum atomic E-state index is 15.4. The number of carbonyl (C=O) groups excluding carboxylic acids is 1. The number of carbonyl (C=O) groups is 1. The number of anilines is 1. The largest absolute Gasteiger partial charge is 0.367 e. The van der Waals surface area contributed by atoms with E-state index in [2.05, 4.69) is 36.6 Å². The van der Waals surface area contributed by atoms with Crippen molar-refractivity contribution in [1.82, 2.24) is 19.8 Å². The second-order valence-corrected chi connectivity index (χ2v) is 11.0. The molecule has 3 aliphatic rings. The van der Waals surface area contributed by atoms with Crippen molar-refractivity contribution in [1.29, 1.82) is 0 Å². The van der Waals surface area contributed by atoms with Crippen LogP contribution in [0.15, 0.2) is 52.6 Å². The Bertz CT molecular complexity index is 1430. The highest BCUT2D eigenvalue weighted by molar-refractivity contribution is 8.18. The van der Waals surface area contributed by atoms with Crippen molar-refractivity contribution in [3.63, 3.8) is 0 Å². The third-order valence-electron chi connectivity index (χ3n) is 7.42. The van der Waals surface area contributed by atoms with Gasteiger partial charge in [0.05, 0.1) is 21.8 Å². The Labute approximate surface area is 226 Å². The molecule has 2 aromatic carbocycles. The van der Waals surface area contributed by atoms with Gasteiger partial charge in [0.1, 0.15) is 12.1 Å². The van der Waals surface area contributed by atoms with Crippen LogP contribution in [0.2, 0.25) is 0 Å². The monoisotopic (exact) mass is 530 g/mol. The standard InChI is InChI=1S/C29H31FN6OS/c1-2-9-34-12-14-35(15-13-34)25-8-6-21(18-23(25)30)27-22-16-20(5-7-24(22)31-19-32-27)17-26-28(37)33-29(38-26)36-10-3-4-11-36/h5-8,16-19H,2-4,9-15H2,1H3/b26-17-. The number of nitrogens with zero attached hydrogens (tertiary/aromatic N) is 6. The van der Waals surface area contributed by atoms with Crippen LogP contribution in [0.1, 0.15) is 31.7 Å². The number of fused-ring (bicyclic) bond motifs is 1. The molecule has 0 N–H and O–H groups in total. The summed E-state index contributed by atoms with van der Waals surface area (Å²) in [4.78, 5) is 33.1. The summed E-state index contributed by atoms with van der Waals surface area (Å²) in [5, 5.41) is 1.62. The SMILES string of the molecule is CCCN1CCN(c2ccc(-c3ncnc4ccc(/C=C5\SC(N6CCCC6)=NC5=O)cc34)cc2F)CC1. The molecule has 0 unspecified atom stereocenters. The number of piperazine rings is 1.